The van der Waals surface area contributed by atoms with E-state index in [0.717, 1.165) is 18.6 Å². The van der Waals surface area contributed by atoms with E-state index in [9.17, 15) is 17.6 Å². The van der Waals surface area contributed by atoms with Gasteiger partial charge in [-0.25, -0.2) is 4.39 Å². The van der Waals surface area contributed by atoms with Crippen LogP contribution in [-0.4, -0.2) is 13.2 Å². The van der Waals surface area contributed by atoms with Gasteiger partial charge in [0.1, 0.15) is 5.82 Å². The summed E-state index contributed by atoms with van der Waals surface area (Å²) in [5.74, 6) is 4.04. The SMILES string of the molecule is CCCOCCC(NN)c1ccc(C(F)(F)F)c(F)c1. The number of alkyl halides is 3. The van der Waals surface area contributed by atoms with Crippen molar-refractivity contribution in [3.63, 3.8) is 0 Å². The molecule has 0 aliphatic heterocycles. The first-order valence-electron chi connectivity index (χ1n) is 6.30. The topological polar surface area (TPSA) is 47.3 Å². The zero-order valence-corrected chi connectivity index (χ0v) is 11.1. The minimum Gasteiger partial charge on any atom is -0.381 e. The lowest BCUT2D eigenvalue weighted by atomic mass is 10.0. The van der Waals surface area contributed by atoms with E-state index in [0.29, 0.717) is 25.2 Å². The Morgan fingerprint density at radius 1 is 1.30 bits per heavy atom. The average molecular weight is 294 g/mol. The van der Waals surface area contributed by atoms with Gasteiger partial charge in [0, 0.05) is 19.3 Å². The predicted molar refractivity (Wildman–Crippen MR) is 67.2 cm³/mol. The van der Waals surface area contributed by atoms with E-state index in [4.69, 9.17) is 10.6 Å². The third-order valence-electron chi connectivity index (χ3n) is 2.80. The summed E-state index contributed by atoms with van der Waals surface area (Å²) >= 11 is 0. The van der Waals surface area contributed by atoms with E-state index < -0.39 is 23.6 Å². The van der Waals surface area contributed by atoms with Crippen LogP contribution in [0.15, 0.2) is 18.2 Å². The van der Waals surface area contributed by atoms with Gasteiger partial charge in [0.2, 0.25) is 0 Å². The minimum absolute atomic E-state index is 0.359. The van der Waals surface area contributed by atoms with E-state index in [1.54, 1.807) is 0 Å². The molecular formula is C13H18F4N2O. The fourth-order valence-electron chi connectivity index (χ4n) is 1.77. The van der Waals surface area contributed by atoms with Gasteiger partial charge in [-0.3, -0.25) is 11.3 Å². The molecule has 0 aliphatic rings. The summed E-state index contributed by atoms with van der Waals surface area (Å²) in [5, 5.41) is 0. The molecule has 0 spiro atoms. The van der Waals surface area contributed by atoms with Gasteiger partial charge in [0.05, 0.1) is 5.56 Å². The molecule has 1 rings (SSSR count). The Morgan fingerprint density at radius 2 is 2.00 bits per heavy atom. The third-order valence-corrected chi connectivity index (χ3v) is 2.80. The zero-order chi connectivity index (χ0) is 15.2. The molecule has 0 radical (unpaired) electrons. The van der Waals surface area contributed by atoms with Crippen molar-refractivity contribution in [2.75, 3.05) is 13.2 Å². The average Bonchev–Trinajstić information content (AvgIpc) is 2.37. The van der Waals surface area contributed by atoms with Crippen molar-refractivity contribution in [2.24, 2.45) is 5.84 Å². The first-order chi connectivity index (χ1) is 9.40. The van der Waals surface area contributed by atoms with E-state index in [-0.39, 0.29) is 0 Å². The lowest BCUT2D eigenvalue weighted by molar-refractivity contribution is -0.140. The first kappa shape index (κ1) is 16.9. The van der Waals surface area contributed by atoms with Gasteiger partial charge in [0.25, 0.3) is 0 Å². The molecule has 0 aromatic heterocycles. The van der Waals surface area contributed by atoms with Gasteiger partial charge in [0.15, 0.2) is 0 Å². The standard InChI is InChI=1S/C13H18F4N2O/c1-2-6-20-7-5-12(19-18)9-3-4-10(11(14)8-9)13(15,16)17/h3-4,8,12,19H,2,5-7,18H2,1H3. The highest BCUT2D eigenvalue weighted by molar-refractivity contribution is 5.28. The lowest BCUT2D eigenvalue weighted by Gasteiger charge is -2.17. The monoisotopic (exact) mass is 294 g/mol. The fourth-order valence-corrected chi connectivity index (χ4v) is 1.77. The van der Waals surface area contributed by atoms with E-state index in [1.807, 2.05) is 6.92 Å². The molecule has 0 amide bonds. The van der Waals surface area contributed by atoms with Crippen LogP contribution in [0.2, 0.25) is 0 Å². The molecule has 0 bridgehead atoms. The molecule has 3 N–H and O–H groups in total. The number of halogens is 4. The van der Waals surface area contributed by atoms with Gasteiger partial charge < -0.3 is 4.74 Å². The first-order valence-corrected chi connectivity index (χ1v) is 6.30. The summed E-state index contributed by atoms with van der Waals surface area (Å²) in [6.45, 7) is 2.95. The molecule has 3 nitrogen and oxygen atoms in total. The number of hydrogen-bond donors (Lipinski definition) is 2. The Labute approximate surface area is 115 Å². The Hall–Kier alpha value is -1.18. The van der Waals surface area contributed by atoms with Crippen LogP contribution < -0.4 is 11.3 Å². The Kier molecular flexibility index (Phi) is 6.38. The van der Waals surface area contributed by atoms with E-state index in [2.05, 4.69) is 5.43 Å². The second-order valence-electron chi connectivity index (χ2n) is 4.36. The molecule has 1 atom stereocenters. The Morgan fingerprint density at radius 3 is 2.50 bits per heavy atom. The summed E-state index contributed by atoms with van der Waals surface area (Å²) in [6, 6.07) is 2.34. The second kappa shape index (κ2) is 7.56. The van der Waals surface area contributed by atoms with Crippen LogP contribution in [-0.2, 0) is 10.9 Å². The van der Waals surface area contributed by atoms with Crippen molar-refractivity contribution >= 4 is 0 Å². The molecule has 1 aromatic carbocycles. The molecule has 1 aromatic rings. The number of rotatable bonds is 7. The number of nitrogens with one attached hydrogen (secondary N) is 1. The van der Waals surface area contributed by atoms with Crippen molar-refractivity contribution in [1.82, 2.24) is 5.43 Å². The van der Waals surface area contributed by atoms with Crippen LogP contribution in [0.5, 0.6) is 0 Å². The highest BCUT2D eigenvalue weighted by atomic mass is 19.4. The third kappa shape index (κ3) is 4.73. The maximum absolute atomic E-state index is 13.5. The quantitative estimate of drug-likeness (QED) is 0.351. The van der Waals surface area contributed by atoms with Crippen LogP contribution >= 0.6 is 0 Å². The van der Waals surface area contributed by atoms with E-state index in [1.165, 1.54) is 6.07 Å². The summed E-state index contributed by atoms with van der Waals surface area (Å²) in [7, 11) is 0. The largest absolute Gasteiger partial charge is 0.419 e. The predicted octanol–water partition coefficient (Wildman–Crippen LogP) is 3.17. The van der Waals surface area contributed by atoms with Crippen molar-refractivity contribution in [3.8, 4) is 0 Å². The Balaban J connectivity index is 2.76. The number of nitrogens with two attached hydrogens (primary N) is 1. The summed E-state index contributed by atoms with van der Waals surface area (Å²) in [5.41, 5.74) is 1.53. The van der Waals surface area contributed by atoms with Crippen molar-refractivity contribution in [1.29, 1.82) is 0 Å². The van der Waals surface area contributed by atoms with Gasteiger partial charge in [-0.2, -0.15) is 13.2 Å². The second-order valence-corrected chi connectivity index (χ2v) is 4.36. The molecule has 0 saturated heterocycles. The number of hydrogen-bond acceptors (Lipinski definition) is 3. The molecule has 20 heavy (non-hydrogen) atoms. The molecule has 114 valence electrons. The molecule has 1 unspecified atom stereocenters. The molecule has 7 heteroatoms. The van der Waals surface area contributed by atoms with Crippen molar-refractivity contribution in [2.45, 2.75) is 32.0 Å². The van der Waals surface area contributed by atoms with Crippen LogP contribution in [0.3, 0.4) is 0 Å². The number of benzene rings is 1. The van der Waals surface area contributed by atoms with Crippen molar-refractivity contribution < 1.29 is 22.3 Å². The molecule has 0 aliphatic carbocycles. The maximum atomic E-state index is 13.5. The highest BCUT2D eigenvalue weighted by Gasteiger charge is 2.34. The maximum Gasteiger partial charge on any atom is 0.419 e. The Bertz CT molecular complexity index is 423. The normalized spacial score (nSPS) is 13.5. The number of ether oxygens (including phenoxy) is 1. The molecule has 0 heterocycles. The fraction of sp³-hybridized carbons (Fsp3) is 0.538. The van der Waals surface area contributed by atoms with Gasteiger partial charge >= 0.3 is 6.18 Å². The minimum atomic E-state index is -4.70. The smallest absolute Gasteiger partial charge is 0.381 e. The van der Waals surface area contributed by atoms with Crippen LogP contribution in [0.1, 0.15) is 36.9 Å². The zero-order valence-electron chi connectivity index (χ0n) is 11.1. The van der Waals surface area contributed by atoms with Crippen LogP contribution in [0.25, 0.3) is 0 Å². The summed E-state index contributed by atoms with van der Waals surface area (Å²) in [6.07, 6.45) is -3.38. The lowest BCUT2D eigenvalue weighted by Crippen LogP contribution is -2.29. The summed E-state index contributed by atoms with van der Waals surface area (Å²) in [4.78, 5) is 0. The van der Waals surface area contributed by atoms with Gasteiger partial charge in [-0.05, 0) is 30.5 Å². The van der Waals surface area contributed by atoms with E-state index >= 15 is 0 Å². The number of hydrazine groups is 1. The highest BCUT2D eigenvalue weighted by Crippen LogP contribution is 2.32. The van der Waals surface area contributed by atoms with Gasteiger partial charge in [-0.15, -0.1) is 0 Å². The molecule has 0 fully saturated rings. The molecular weight excluding hydrogens is 276 g/mol. The molecule has 0 saturated carbocycles. The van der Waals surface area contributed by atoms with Crippen LogP contribution in [0, 0.1) is 5.82 Å². The van der Waals surface area contributed by atoms with Gasteiger partial charge in [-0.1, -0.05) is 13.0 Å². The summed E-state index contributed by atoms with van der Waals surface area (Å²) < 4.78 is 56.1. The van der Waals surface area contributed by atoms with Crippen molar-refractivity contribution in [3.05, 3.63) is 35.1 Å². The van der Waals surface area contributed by atoms with Crippen LogP contribution in [0.4, 0.5) is 17.6 Å².